The van der Waals surface area contributed by atoms with Crippen LogP contribution in [0.5, 0.6) is 5.75 Å². The zero-order valence-electron chi connectivity index (χ0n) is 12.4. The maximum atomic E-state index is 11.7. The number of aromatic nitrogens is 2. The molecule has 0 amide bonds. The molecular formula is C16H19N3O3. The van der Waals surface area contributed by atoms with Crippen LogP contribution in [0.1, 0.15) is 40.9 Å². The van der Waals surface area contributed by atoms with E-state index in [4.69, 9.17) is 5.73 Å². The van der Waals surface area contributed by atoms with Crippen LogP contribution in [-0.2, 0) is 13.0 Å². The molecule has 4 N–H and O–H groups in total. The third-order valence-electron chi connectivity index (χ3n) is 4.13. The van der Waals surface area contributed by atoms with Gasteiger partial charge in [-0.2, -0.15) is 5.10 Å². The van der Waals surface area contributed by atoms with Gasteiger partial charge in [0.15, 0.2) is 0 Å². The monoisotopic (exact) mass is 301 g/mol. The van der Waals surface area contributed by atoms with Crippen LogP contribution < -0.4 is 5.73 Å². The van der Waals surface area contributed by atoms with Gasteiger partial charge in [-0.25, -0.2) is 4.79 Å². The third-order valence-corrected chi connectivity index (χ3v) is 4.13. The number of hydrogen-bond donors (Lipinski definition) is 3. The molecule has 2 aromatic rings. The number of nitrogens with two attached hydrogens (primary N) is 1. The minimum atomic E-state index is -0.958. The minimum Gasteiger partial charge on any atom is -0.508 e. The number of aromatic hydroxyl groups is 1. The van der Waals surface area contributed by atoms with Crippen LogP contribution in [0.4, 0.5) is 0 Å². The topological polar surface area (TPSA) is 101 Å². The fourth-order valence-corrected chi connectivity index (χ4v) is 3.18. The average molecular weight is 301 g/mol. The lowest BCUT2D eigenvalue weighted by atomic mass is 9.82. The van der Waals surface area contributed by atoms with Crippen LogP contribution >= 0.6 is 0 Å². The fourth-order valence-electron chi connectivity index (χ4n) is 3.18. The molecule has 0 saturated carbocycles. The Hall–Kier alpha value is -2.34. The molecule has 1 aliphatic rings. The van der Waals surface area contributed by atoms with Gasteiger partial charge in [0, 0.05) is 17.7 Å². The molecule has 1 atom stereocenters. The summed E-state index contributed by atoms with van der Waals surface area (Å²) in [6, 6.07) is 5.15. The van der Waals surface area contributed by atoms with Gasteiger partial charge in [0.2, 0.25) is 0 Å². The Labute approximate surface area is 128 Å². The Bertz CT molecular complexity index is 736. The van der Waals surface area contributed by atoms with Gasteiger partial charge >= 0.3 is 5.97 Å². The lowest BCUT2D eigenvalue weighted by Gasteiger charge is -2.21. The molecule has 0 fully saturated rings. The van der Waals surface area contributed by atoms with E-state index >= 15 is 0 Å². The van der Waals surface area contributed by atoms with E-state index in [2.05, 4.69) is 5.10 Å². The van der Waals surface area contributed by atoms with E-state index in [1.807, 2.05) is 6.92 Å². The number of aryl methyl sites for hydroxylation is 1. The van der Waals surface area contributed by atoms with E-state index in [1.165, 1.54) is 0 Å². The zero-order valence-corrected chi connectivity index (χ0v) is 12.4. The largest absolute Gasteiger partial charge is 0.508 e. The summed E-state index contributed by atoms with van der Waals surface area (Å²) in [5.41, 5.74) is 9.18. The second-order valence-corrected chi connectivity index (χ2v) is 5.73. The summed E-state index contributed by atoms with van der Waals surface area (Å²) in [4.78, 5) is 11.7. The molecule has 6 nitrogen and oxygen atoms in total. The maximum absolute atomic E-state index is 11.7. The summed E-state index contributed by atoms with van der Waals surface area (Å²) in [6.45, 7) is 2.97. The first kappa shape index (κ1) is 14.6. The highest BCUT2D eigenvalue weighted by molar-refractivity contribution is 5.91. The molecule has 1 aromatic heterocycles. The maximum Gasteiger partial charge on any atom is 0.354 e. The Morgan fingerprint density at radius 1 is 1.50 bits per heavy atom. The van der Waals surface area contributed by atoms with Crippen molar-refractivity contribution in [1.82, 2.24) is 9.78 Å². The molecule has 1 aromatic carbocycles. The second kappa shape index (κ2) is 5.46. The van der Waals surface area contributed by atoms with Crippen molar-refractivity contribution < 1.29 is 15.0 Å². The van der Waals surface area contributed by atoms with Crippen LogP contribution in [-0.4, -0.2) is 32.5 Å². The number of benzene rings is 1. The molecule has 0 saturated heterocycles. The van der Waals surface area contributed by atoms with E-state index in [-0.39, 0.29) is 17.4 Å². The van der Waals surface area contributed by atoms with Crippen molar-refractivity contribution >= 4 is 5.97 Å². The SMILES string of the molecule is CC1Cc2cc(O)ccc2-c2nn(CCCN)c(C(=O)O)c21. The lowest BCUT2D eigenvalue weighted by molar-refractivity contribution is 0.0681. The summed E-state index contributed by atoms with van der Waals surface area (Å²) in [5, 5.41) is 23.8. The molecule has 3 rings (SSSR count). The van der Waals surface area contributed by atoms with Gasteiger partial charge in [-0.15, -0.1) is 0 Å². The zero-order chi connectivity index (χ0) is 15.9. The van der Waals surface area contributed by atoms with E-state index in [0.29, 0.717) is 31.6 Å². The van der Waals surface area contributed by atoms with Crippen LogP contribution in [0.3, 0.4) is 0 Å². The van der Waals surface area contributed by atoms with Gasteiger partial charge in [-0.05, 0) is 49.1 Å². The van der Waals surface area contributed by atoms with Gasteiger partial charge in [0.05, 0.1) is 5.69 Å². The molecule has 1 unspecified atom stereocenters. The molecule has 1 heterocycles. The van der Waals surface area contributed by atoms with Crippen molar-refractivity contribution in [3.8, 4) is 17.0 Å². The first-order chi connectivity index (χ1) is 10.5. The molecule has 6 heteroatoms. The normalized spacial score (nSPS) is 16.2. The van der Waals surface area contributed by atoms with Crippen molar-refractivity contribution in [3.63, 3.8) is 0 Å². The molecular weight excluding hydrogens is 282 g/mol. The highest BCUT2D eigenvalue weighted by atomic mass is 16.4. The first-order valence-electron chi connectivity index (χ1n) is 7.39. The quantitative estimate of drug-likeness (QED) is 0.801. The summed E-state index contributed by atoms with van der Waals surface area (Å²) >= 11 is 0. The molecule has 1 aliphatic carbocycles. The van der Waals surface area contributed by atoms with E-state index in [9.17, 15) is 15.0 Å². The highest BCUT2D eigenvalue weighted by Gasteiger charge is 2.32. The summed E-state index contributed by atoms with van der Waals surface area (Å²) < 4.78 is 1.55. The average Bonchev–Trinajstić information content (AvgIpc) is 2.85. The third kappa shape index (κ3) is 2.25. The molecule has 0 aliphatic heterocycles. The minimum absolute atomic E-state index is 0.0435. The van der Waals surface area contributed by atoms with Gasteiger partial charge in [0.25, 0.3) is 0 Å². The fraction of sp³-hybridized carbons (Fsp3) is 0.375. The van der Waals surface area contributed by atoms with Crippen LogP contribution in [0.15, 0.2) is 18.2 Å². The Kier molecular flexibility index (Phi) is 3.62. The summed E-state index contributed by atoms with van der Waals surface area (Å²) in [6.07, 6.45) is 1.37. The molecule has 116 valence electrons. The Balaban J connectivity index is 2.20. The van der Waals surface area contributed by atoms with E-state index in [0.717, 1.165) is 16.7 Å². The van der Waals surface area contributed by atoms with Gasteiger partial charge in [-0.3, -0.25) is 4.68 Å². The van der Waals surface area contributed by atoms with Crippen molar-refractivity contribution in [3.05, 3.63) is 35.0 Å². The number of carboxylic acids is 1. The number of phenolic OH excluding ortho intramolecular Hbond substituents is 1. The number of aromatic carboxylic acids is 1. The summed E-state index contributed by atoms with van der Waals surface area (Å²) in [7, 11) is 0. The van der Waals surface area contributed by atoms with E-state index < -0.39 is 5.97 Å². The van der Waals surface area contributed by atoms with Gasteiger partial charge in [-0.1, -0.05) is 6.92 Å². The first-order valence-corrected chi connectivity index (χ1v) is 7.39. The number of hydrogen-bond acceptors (Lipinski definition) is 4. The molecule has 0 bridgehead atoms. The molecule has 22 heavy (non-hydrogen) atoms. The Morgan fingerprint density at radius 2 is 2.27 bits per heavy atom. The van der Waals surface area contributed by atoms with Gasteiger partial charge < -0.3 is 15.9 Å². The number of carboxylic acid groups (broad SMARTS) is 1. The van der Waals surface area contributed by atoms with Crippen LogP contribution in [0.25, 0.3) is 11.3 Å². The predicted molar refractivity (Wildman–Crippen MR) is 82.1 cm³/mol. The van der Waals surface area contributed by atoms with Crippen LogP contribution in [0.2, 0.25) is 0 Å². The highest BCUT2D eigenvalue weighted by Crippen LogP contribution is 2.41. The number of phenols is 1. The second-order valence-electron chi connectivity index (χ2n) is 5.73. The van der Waals surface area contributed by atoms with Crippen molar-refractivity contribution in [1.29, 1.82) is 0 Å². The smallest absolute Gasteiger partial charge is 0.354 e. The molecule has 0 spiro atoms. The number of nitrogens with zero attached hydrogens (tertiary/aromatic N) is 2. The van der Waals surface area contributed by atoms with Crippen molar-refractivity contribution in [2.75, 3.05) is 6.54 Å². The van der Waals surface area contributed by atoms with Crippen molar-refractivity contribution in [2.24, 2.45) is 5.73 Å². The van der Waals surface area contributed by atoms with Crippen molar-refractivity contribution in [2.45, 2.75) is 32.2 Å². The Morgan fingerprint density at radius 3 is 2.95 bits per heavy atom. The molecule has 0 radical (unpaired) electrons. The van der Waals surface area contributed by atoms with Crippen LogP contribution in [0, 0.1) is 0 Å². The standard InChI is InChI=1S/C16H19N3O3/c1-9-7-10-8-11(20)3-4-12(10)14-13(9)15(16(21)22)19(18-14)6-2-5-17/h3-4,8-9,20H,2,5-7,17H2,1H3,(H,21,22). The van der Waals surface area contributed by atoms with Gasteiger partial charge in [0.1, 0.15) is 11.4 Å². The predicted octanol–water partition coefficient (Wildman–Crippen LogP) is 1.96. The number of rotatable bonds is 4. The summed E-state index contributed by atoms with van der Waals surface area (Å²) in [5.74, 6) is -0.697. The lowest BCUT2D eigenvalue weighted by Crippen LogP contribution is -2.15. The van der Waals surface area contributed by atoms with E-state index in [1.54, 1.807) is 22.9 Å². The number of fused-ring (bicyclic) bond motifs is 3. The number of carbonyl (C=O) groups is 1.